The molecule has 0 amide bonds. The minimum Gasteiger partial charge on any atom is -0.312 e. The third-order valence-corrected chi connectivity index (χ3v) is 5.99. The summed E-state index contributed by atoms with van der Waals surface area (Å²) in [5.41, 5.74) is 1.72. The second-order valence-corrected chi connectivity index (χ2v) is 8.09. The van der Waals surface area contributed by atoms with Gasteiger partial charge in [0.1, 0.15) is 0 Å². The average molecular weight is 279 g/mol. The molecule has 0 aliphatic heterocycles. The average Bonchev–Trinajstić information content (AvgIpc) is 2.38. The van der Waals surface area contributed by atoms with E-state index >= 15 is 0 Å². The van der Waals surface area contributed by atoms with Crippen LogP contribution in [0.5, 0.6) is 0 Å². The molecule has 0 bridgehead atoms. The standard InChI is InChI=1S/C16H25NOS/c1-12(19(4)18)11-17-15-10-14(16(15,2)3)13-8-6-5-7-9-13/h5-9,12,14-15,17H,10-11H2,1-4H3/t12-,14+,15+,19-/m1/s1. The van der Waals surface area contributed by atoms with E-state index in [-0.39, 0.29) is 10.7 Å². The Bertz CT molecular complexity index is 443. The van der Waals surface area contributed by atoms with Crippen LogP contribution in [0.3, 0.4) is 0 Å². The number of nitrogens with one attached hydrogen (secondary N) is 1. The van der Waals surface area contributed by atoms with Gasteiger partial charge in [-0.05, 0) is 30.2 Å². The van der Waals surface area contributed by atoms with E-state index in [1.807, 2.05) is 6.92 Å². The van der Waals surface area contributed by atoms with Crippen molar-refractivity contribution in [1.82, 2.24) is 5.32 Å². The Morgan fingerprint density at radius 3 is 2.53 bits per heavy atom. The minimum atomic E-state index is -0.737. The van der Waals surface area contributed by atoms with Crippen molar-refractivity contribution >= 4 is 10.8 Å². The quantitative estimate of drug-likeness (QED) is 0.898. The molecule has 0 spiro atoms. The van der Waals surface area contributed by atoms with Crippen molar-refractivity contribution in [2.24, 2.45) is 5.41 Å². The molecule has 0 saturated heterocycles. The molecule has 0 radical (unpaired) electrons. The van der Waals surface area contributed by atoms with Gasteiger partial charge in [0, 0.05) is 34.9 Å². The minimum absolute atomic E-state index is 0.228. The number of hydrogen-bond acceptors (Lipinski definition) is 2. The normalized spacial score (nSPS) is 28.4. The summed E-state index contributed by atoms with van der Waals surface area (Å²) >= 11 is 0. The smallest absolute Gasteiger partial charge is 0.0441 e. The Morgan fingerprint density at radius 1 is 1.37 bits per heavy atom. The second-order valence-electron chi connectivity index (χ2n) is 6.29. The molecule has 2 rings (SSSR count). The van der Waals surface area contributed by atoms with Crippen molar-refractivity contribution < 1.29 is 4.21 Å². The molecule has 1 saturated carbocycles. The molecule has 1 aliphatic carbocycles. The largest absolute Gasteiger partial charge is 0.312 e. The van der Waals surface area contributed by atoms with Crippen molar-refractivity contribution in [3.8, 4) is 0 Å². The van der Waals surface area contributed by atoms with Crippen molar-refractivity contribution in [2.75, 3.05) is 12.8 Å². The van der Waals surface area contributed by atoms with Crippen LogP contribution in [0.2, 0.25) is 0 Å². The van der Waals surface area contributed by atoms with Gasteiger partial charge < -0.3 is 5.32 Å². The maximum absolute atomic E-state index is 11.4. The Morgan fingerprint density at radius 2 is 2.00 bits per heavy atom. The zero-order valence-corrected chi connectivity index (χ0v) is 13.2. The maximum Gasteiger partial charge on any atom is 0.0441 e. The first-order valence-electron chi connectivity index (χ1n) is 7.03. The van der Waals surface area contributed by atoms with Crippen LogP contribution < -0.4 is 5.32 Å². The fourth-order valence-electron chi connectivity index (χ4n) is 2.95. The van der Waals surface area contributed by atoms with Crippen LogP contribution in [0.15, 0.2) is 30.3 Å². The lowest BCUT2D eigenvalue weighted by molar-refractivity contribution is 0.0697. The predicted molar refractivity (Wildman–Crippen MR) is 82.9 cm³/mol. The molecule has 4 atom stereocenters. The van der Waals surface area contributed by atoms with Crippen LogP contribution in [0, 0.1) is 5.41 Å². The third-order valence-electron chi connectivity index (χ3n) is 4.69. The fourth-order valence-corrected chi connectivity index (χ4v) is 3.28. The van der Waals surface area contributed by atoms with Crippen LogP contribution in [-0.4, -0.2) is 28.3 Å². The Labute approximate surface area is 119 Å². The van der Waals surface area contributed by atoms with E-state index in [1.54, 1.807) is 6.26 Å². The van der Waals surface area contributed by atoms with E-state index < -0.39 is 10.8 Å². The summed E-state index contributed by atoms with van der Waals surface area (Å²) in [7, 11) is -0.737. The summed E-state index contributed by atoms with van der Waals surface area (Å²) in [6, 6.07) is 11.3. The summed E-state index contributed by atoms with van der Waals surface area (Å²) in [5, 5.41) is 3.83. The first-order valence-corrected chi connectivity index (χ1v) is 8.65. The molecular formula is C16H25NOS. The Kier molecular flexibility index (Phi) is 4.46. The van der Waals surface area contributed by atoms with Gasteiger partial charge in [-0.1, -0.05) is 44.2 Å². The monoisotopic (exact) mass is 279 g/mol. The van der Waals surface area contributed by atoms with E-state index in [0.717, 1.165) is 6.54 Å². The van der Waals surface area contributed by atoms with Crippen molar-refractivity contribution in [2.45, 2.75) is 44.4 Å². The third kappa shape index (κ3) is 3.09. The highest BCUT2D eigenvalue weighted by molar-refractivity contribution is 7.84. The van der Waals surface area contributed by atoms with Gasteiger partial charge in [0.05, 0.1) is 0 Å². The first-order chi connectivity index (χ1) is 8.93. The molecule has 19 heavy (non-hydrogen) atoms. The zero-order chi connectivity index (χ0) is 14.0. The van der Waals surface area contributed by atoms with Crippen LogP contribution in [0.25, 0.3) is 0 Å². The number of hydrogen-bond donors (Lipinski definition) is 1. The van der Waals surface area contributed by atoms with E-state index in [9.17, 15) is 4.21 Å². The van der Waals surface area contributed by atoms with Crippen LogP contribution >= 0.6 is 0 Å². The zero-order valence-electron chi connectivity index (χ0n) is 12.3. The molecule has 1 N–H and O–H groups in total. The molecule has 1 fully saturated rings. The highest BCUT2D eigenvalue weighted by atomic mass is 32.2. The van der Waals surface area contributed by atoms with E-state index in [1.165, 1.54) is 12.0 Å². The number of benzene rings is 1. The van der Waals surface area contributed by atoms with Gasteiger partial charge in [-0.25, -0.2) is 0 Å². The maximum atomic E-state index is 11.4. The van der Waals surface area contributed by atoms with Crippen LogP contribution in [0.1, 0.15) is 38.7 Å². The Hall–Kier alpha value is -0.670. The van der Waals surface area contributed by atoms with E-state index in [0.29, 0.717) is 12.0 Å². The van der Waals surface area contributed by atoms with Crippen LogP contribution in [0.4, 0.5) is 0 Å². The van der Waals surface area contributed by atoms with Gasteiger partial charge in [-0.15, -0.1) is 0 Å². The molecule has 0 unspecified atom stereocenters. The van der Waals surface area contributed by atoms with E-state index in [4.69, 9.17) is 0 Å². The van der Waals surface area contributed by atoms with Gasteiger partial charge in [0.2, 0.25) is 0 Å². The topological polar surface area (TPSA) is 29.1 Å². The molecule has 3 heteroatoms. The summed E-state index contributed by atoms with van der Waals surface area (Å²) in [6.45, 7) is 7.56. The summed E-state index contributed by atoms with van der Waals surface area (Å²) in [6.07, 6.45) is 2.96. The molecule has 0 aromatic heterocycles. The van der Waals surface area contributed by atoms with Gasteiger partial charge >= 0.3 is 0 Å². The first kappa shape index (κ1) is 14.7. The fraction of sp³-hybridized carbons (Fsp3) is 0.625. The highest BCUT2D eigenvalue weighted by Crippen LogP contribution is 2.52. The van der Waals surface area contributed by atoms with Gasteiger partial charge in [-0.3, -0.25) is 4.21 Å². The van der Waals surface area contributed by atoms with Crippen molar-refractivity contribution in [3.05, 3.63) is 35.9 Å². The lowest BCUT2D eigenvalue weighted by Crippen LogP contribution is -2.56. The summed E-state index contributed by atoms with van der Waals surface area (Å²) in [4.78, 5) is 0. The molecule has 1 aromatic rings. The molecule has 1 aliphatic rings. The second kappa shape index (κ2) is 5.76. The molecule has 2 nitrogen and oxygen atoms in total. The lowest BCUT2D eigenvalue weighted by atomic mass is 9.56. The van der Waals surface area contributed by atoms with Gasteiger partial charge in [-0.2, -0.15) is 0 Å². The van der Waals surface area contributed by atoms with E-state index in [2.05, 4.69) is 49.5 Å². The van der Waals surface area contributed by atoms with Crippen molar-refractivity contribution in [3.63, 3.8) is 0 Å². The lowest BCUT2D eigenvalue weighted by Gasteiger charge is -2.53. The molecule has 1 aromatic carbocycles. The summed E-state index contributed by atoms with van der Waals surface area (Å²) in [5.74, 6) is 0.633. The molecular weight excluding hydrogens is 254 g/mol. The van der Waals surface area contributed by atoms with Crippen molar-refractivity contribution in [1.29, 1.82) is 0 Å². The Balaban J connectivity index is 1.93. The van der Waals surface area contributed by atoms with Gasteiger partial charge in [0.15, 0.2) is 0 Å². The number of rotatable bonds is 5. The summed E-state index contributed by atoms with van der Waals surface area (Å²) < 4.78 is 11.4. The molecule has 0 heterocycles. The SMILES string of the molecule is C[C@H](CN[C@H]1C[C@@H](c2ccccc2)C1(C)C)[S@@](C)=O. The molecule has 106 valence electrons. The predicted octanol–water partition coefficient (Wildman–Crippen LogP) is 2.93. The highest BCUT2D eigenvalue weighted by Gasteiger charge is 2.48. The van der Waals surface area contributed by atoms with Gasteiger partial charge in [0.25, 0.3) is 0 Å². The van der Waals surface area contributed by atoms with Crippen LogP contribution in [-0.2, 0) is 10.8 Å².